The van der Waals surface area contributed by atoms with Crippen LogP contribution >= 0.6 is 11.3 Å². The molecule has 0 radical (unpaired) electrons. The topological polar surface area (TPSA) is 34.9 Å². The fourth-order valence-corrected chi connectivity index (χ4v) is 3.92. The van der Waals surface area contributed by atoms with Crippen LogP contribution in [-0.2, 0) is 6.54 Å². The number of benzene rings is 2. The predicted molar refractivity (Wildman–Crippen MR) is 104 cm³/mol. The highest BCUT2D eigenvalue weighted by Gasteiger charge is 2.14. The number of thiophene rings is 1. The number of rotatable bonds is 3. The fraction of sp³-hybridized carbons (Fsp3) is 0.143. The molecule has 2 aromatic heterocycles. The van der Waals surface area contributed by atoms with Gasteiger partial charge in [0.1, 0.15) is 10.6 Å². The average Bonchev–Trinajstić information content (AvgIpc) is 3.06. The van der Waals surface area contributed by atoms with Gasteiger partial charge in [-0.15, -0.1) is 11.3 Å². The lowest BCUT2D eigenvalue weighted by Crippen LogP contribution is -2.21. The van der Waals surface area contributed by atoms with Gasteiger partial charge in [0.25, 0.3) is 5.56 Å². The van der Waals surface area contributed by atoms with Gasteiger partial charge in [0.05, 0.1) is 18.3 Å². The first-order valence-corrected chi connectivity index (χ1v) is 9.20. The van der Waals surface area contributed by atoms with E-state index in [1.165, 1.54) is 39.4 Å². The first-order chi connectivity index (χ1) is 12.5. The summed E-state index contributed by atoms with van der Waals surface area (Å²) in [5.41, 5.74) is 4.60. The zero-order chi connectivity index (χ0) is 18.3. The van der Waals surface area contributed by atoms with Crippen LogP contribution in [0.4, 0.5) is 4.39 Å². The van der Waals surface area contributed by atoms with E-state index in [0.29, 0.717) is 15.8 Å². The van der Waals surface area contributed by atoms with E-state index in [0.717, 1.165) is 11.1 Å². The molecular formula is C21H17FN2OS. The molecule has 0 spiro atoms. The molecule has 0 unspecified atom stereocenters. The van der Waals surface area contributed by atoms with Gasteiger partial charge in [0, 0.05) is 16.5 Å². The Hall–Kier alpha value is -2.79. The van der Waals surface area contributed by atoms with Crippen molar-refractivity contribution in [1.29, 1.82) is 0 Å². The molecule has 2 aromatic carbocycles. The second kappa shape index (κ2) is 6.50. The molecule has 0 aliphatic rings. The lowest BCUT2D eigenvalue weighted by Gasteiger charge is -2.08. The maximum absolute atomic E-state index is 14.0. The fourth-order valence-electron chi connectivity index (χ4n) is 3.01. The highest BCUT2D eigenvalue weighted by molar-refractivity contribution is 7.17. The van der Waals surface area contributed by atoms with Gasteiger partial charge >= 0.3 is 0 Å². The second-order valence-electron chi connectivity index (χ2n) is 6.40. The van der Waals surface area contributed by atoms with Gasteiger partial charge in [-0.1, -0.05) is 36.4 Å². The van der Waals surface area contributed by atoms with Crippen molar-refractivity contribution in [3.05, 3.63) is 87.0 Å². The molecule has 0 aliphatic heterocycles. The third-order valence-electron chi connectivity index (χ3n) is 4.68. The summed E-state index contributed by atoms with van der Waals surface area (Å²) < 4.78 is 15.4. The Morgan fingerprint density at radius 1 is 1.12 bits per heavy atom. The molecular weight excluding hydrogens is 347 g/mol. The molecule has 0 atom stereocenters. The molecule has 0 N–H and O–H groups in total. The number of aryl methyl sites for hydroxylation is 2. The van der Waals surface area contributed by atoms with Crippen molar-refractivity contribution in [2.24, 2.45) is 0 Å². The van der Waals surface area contributed by atoms with Crippen LogP contribution in [0.2, 0.25) is 0 Å². The summed E-state index contributed by atoms with van der Waals surface area (Å²) in [6.07, 6.45) is 1.50. The zero-order valence-electron chi connectivity index (χ0n) is 14.5. The number of nitrogens with zero attached hydrogens (tertiary/aromatic N) is 2. The number of halogens is 1. The number of hydrogen-bond acceptors (Lipinski definition) is 3. The normalized spacial score (nSPS) is 11.2. The molecule has 5 heteroatoms. The van der Waals surface area contributed by atoms with Gasteiger partial charge < -0.3 is 0 Å². The zero-order valence-corrected chi connectivity index (χ0v) is 15.3. The lowest BCUT2D eigenvalue weighted by atomic mass is 10.0. The Morgan fingerprint density at radius 3 is 2.69 bits per heavy atom. The molecule has 4 rings (SSSR count). The van der Waals surface area contributed by atoms with Gasteiger partial charge in [0.2, 0.25) is 0 Å². The lowest BCUT2D eigenvalue weighted by molar-refractivity contribution is 0.595. The van der Waals surface area contributed by atoms with Crippen molar-refractivity contribution < 1.29 is 4.39 Å². The van der Waals surface area contributed by atoms with Crippen molar-refractivity contribution in [3.8, 4) is 11.1 Å². The monoisotopic (exact) mass is 364 g/mol. The molecule has 0 saturated carbocycles. The SMILES string of the molecule is Cc1ccc(-c2csc3ncn(Cc4ccccc4F)c(=O)c23)cc1C. The van der Waals surface area contributed by atoms with Crippen LogP contribution in [0.15, 0.2) is 59.0 Å². The Morgan fingerprint density at radius 2 is 1.92 bits per heavy atom. The average molecular weight is 364 g/mol. The number of hydrogen-bond donors (Lipinski definition) is 0. The first kappa shape index (κ1) is 16.7. The van der Waals surface area contributed by atoms with Crippen molar-refractivity contribution in [1.82, 2.24) is 9.55 Å². The van der Waals surface area contributed by atoms with Crippen LogP contribution in [0.5, 0.6) is 0 Å². The number of fused-ring (bicyclic) bond motifs is 1. The van der Waals surface area contributed by atoms with E-state index in [1.807, 2.05) is 11.4 Å². The third-order valence-corrected chi connectivity index (χ3v) is 5.56. The maximum atomic E-state index is 14.0. The van der Waals surface area contributed by atoms with Crippen LogP contribution in [0.3, 0.4) is 0 Å². The highest BCUT2D eigenvalue weighted by atomic mass is 32.1. The largest absolute Gasteiger partial charge is 0.294 e. The first-order valence-electron chi connectivity index (χ1n) is 8.32. The number of aromatic nitrogens is 2. The summed E-state index contributed by atoms with van der Waals surface area (Å²) >= 11 is 1.45. The van der Waals surface area contributed by atoms with Gasteiger partial charge in [-0.3, -0.25) is 9.36 Å². The Kier molecular flexibility index (Phi) is 4.17. The van der Waals surface area contributed by atoms with E-state index >= 15 is 0 Å². The van der Waals surface area contributed by atoms with Crippen LogP contribution in [0, 0.1) is 19.7 Å². The van der Waals surface area contributed by atoms with E-state index in [-0.39, 0.29) is 17.9 Å². The molecule has 2 heterocycles. The van der Waals surface area contributed by atoms with Crippen LogP contribution in [0.1, 0.15) is 16.7 Å². The molecule has 0 bridgehead atoms. The smallest absolute Gasteiger partial charge is 0.263 e. The Labute approximate surface area is 154 Å². The highest BCUT2D eigenvalue weighted by Crippen LogP contribution is 2.31. The van der Waals surface area contributed by atoms with Crippen LogP contribution in [-0.4, -0.2) is 9.55 Å². The maximum Gasteiger partial charge on any atom is 0.263 e. The minimum Gasteiger partial charge on any atom is -0.294 e. The predicted octanol–water partition coefficient (Wildman–Crippen LogP) is 4.93. The van der Waals surface area contributed by atoms with E-state index in [4.69, 9.17) is 0 Å². The molecule has 0 fully saturated rings. The van der Waals surface area contributed by atoms with Gasteiger partial charge in [0.15, 0.2) is 0 Å². The minimum atomic E-state index is -0.320. The van der Waals surface area contributed by atoms with Gasteiger partial charge in [-0.2, -0.15) is 0 Å². The van der Waals surface area contributed by atoms with Gasteiger partial charge in [-0.05, 0) is 36.6 Å². The molecule has 4 aromatic rings. The van der Waals surface area contributed by atoms with Crippen LogP contribution in [0.25, 0.3) is 21.3 Å². The van der Waals surface area contributed by atoms with Crippen molar-refractivity contribution in [2.75, 3.05) is 0 Å². The third kappa shape index (κ3) is 2.84. The van der Waals surface area contributed by atoms with E-state index in [9.17, 15) is 9.18 Å². The second-order valence-corrected chi connectivity index (χ2v) is 7.26. The standard InChI is InChI=1S/C21H17FN2OS/c1-13-7-8-15(9-14(13)2)17-11-26-20-19(17)21(25)24(12-23-20)10-16-5-3-4-6-18(16)22/h3-9,11-12H,10H2,1-2H3. The summed E-state index contributed by atoms with van der Waals surface area (Å²) in [6.45, 7) is 4.28. The molecule has 3 nitrogen and oxygen atoms in total. The van der Waals surface area contributed by atoms with Gasteiger partial charge in [-0.25, -0.2) is 9.37 Å². The van der Waals surface area contributed by atoms with Crippen molar-refractivity contribution in [3.63, 3.8) is 0 Å². The Bertz CT molecular complexity index is 1180. The summed E-state index contributed by atoms with van der Waals surface area (Å²) in [6, 6.07) is 12.7. The Balaban J connectivity index is 1.86. The summed E-state index contributed by atoms with van der Waals surface area (Å²) in [5, 5.41) is 2.56. The quantitative estimate of drug-likeness (QED) is 0.517. The molecule has 0 amide bonds. The summed E-state index contributed by atoms with van der Waals surface area (Å²) in [4.78, 5) is 18.2. The van der Waals surface area contributed by atoms with Crippen molar-refractivity contribution >= 4 is 21.6 Å². The summed E-state index contributed by atoms with van der Waals surface area (Å²) in [5.74, 6) is -0.320. The van der Waals surface area contributed by atoms with Crippen molar-refractivity contribution in [2.45, 2.75) is 20.4 Å². The molecule has 0 aliphatic carbocycles. The van der Waals surface area contributed by atoms with E-state index in [2.05, 4.69) is 31.0 Å². The van der Waals surface area contributed by atoms with Crippen LogP contribution < -0.4 is 5.56 Å². The molecule has 26 heavy (non-hydrogen) atoms. The molecule has 130 valence electrons. The van der Waals surface area contributed by atoms with E-state index < -0.39 is 0 Å². The summed E-state index contributed by atoms with van der Waals surface area (Å²) in [7, 11) is 0. The molecule has 0 saturated heterocycles. The van der Waals surface area contributed by atoms with E-state index in [1.54, 1.807) is 18.2 Å². The minimum absolute atomic E-state index is 0.146.